The zero-order chi connectivity index (χ0) is 40.3. The molecule has 0 aliphatic carbocycles. The van der Waals surface area contributed by atoms with Crippen molar-refractivity contribution in [1.29, 1.82) is 0 Å². The van der Waals surface area contributed by atoms with Gasteiger partial charge in [0.25, 0.3) is 0 Å². The Bertz CT molecular complexity index is 1440. The Kier molecular flexibility index (Phi) is 22.7. The Balaban J connectivity index is 1.40. The van der Waals surface area contributed by atoms with Crippen molar-refractivity contribution in [1.82, 2.24) is 0 Å². The van der Waals surface area contributed by atoms with E-state index in [1.165, 1.54) is 181 Å². The van der Waals surface area contributed by atoms with Crippen molar-refractivity contribution in [2.45, 2.75) is 193 Å². The second kappa shape index (κ2) is 28.0. The second-order valence-corrected chi connectivity index (χ2v) is 17.6. The summed E-state index contributed by atoms with van der Waals surface area (Å²) in [5, 5.41) is 0. The Morgan fingerprint density at radius 1 is 0.316 bits per heavy atom. The van der Waals surface area contributed by atoms with Crippen LogP contribution in [0.3, 0.4) is 0 Å². The minimum atomic E-state index is 0.427. The second-order valence-electron chi connectivity index (χ2n) is 17.6. The van der Waals surface area contributed by atoms with Gasteiger partial charge in [-0.25, -0.2) is 0 Å². The molecule has 4 aromatic carbocycles. The SMILES string of the molecule is CCCCCCCCCCC(c1ccc(N)cc1)c1ccc(CC(CCCCCC)Cc2ccc(C(CCCCCCCCCC)c3ccc(N)cc3)cc2)cc1. The van der Waals surface area contributed by atoms with Crippen molar-refractivity contribution >= 4 is 11.4 Å². The molecule has 0 spiro atoms. The summed E-state index contributed by atoms with van der Waals surface area (Å²) >= 11 is 0. The monoisotopic (exact) mass is 771 g/mol. The molecule has 2 atom stereocenters. The lowest BCUT2D eigenvalue weighted by Crippen LogP contribution is -2.10. The minimum Gasteiger partial charge on any atom is -0.399 e. The number of unbranched alkanes of at least 4 members (excludes halogenated alkanes) is 17. The van der Waals surface area contributed by atoms with E-state index in [1.807, 2.05) is 0 Å². The van der Waals surface area contributed by atoms with Crippen molar-refractivity contribution in [3.8, 4) is 0 Å². The van der Waals surface area contributed by atoms with Gasteiger partial charge in [-0.1, -0.05) is 222 Å². The van der Waals surface area contributed by atoms with Gasteiger partial charge in [0.15, 0.2) is 0 Å². The summed E-state index contributed by atoms with van der Waals surface area (Å²) in [5.41, 5.74) is 22.6. The maximum Gasteiger partial charge on any atom is 0.0314 e. The molecule has 0 bridgehead atoms. The van der Waals surface area contributed by atoms with Gasteiger partial charge in [-0.2, -0.15) is 0 Å². The van der Waals surface area contributed by atoms with Crippen LogP contribution in [0.25, 0.3) is 0 Å². The van der Waals surface area contributed by atoms with Crippen molar-refractivity contribution in [3.63, 3.8) is 0 Å². The van der Waals surface area contributed by atoms with Crippen LogP contribution < -0.4 is 11.5 Å². The zero-order valence-electron chi connectivity index (χ0n) is 36.8. The topological polar surface area (TPSA) is 52.0 Å². The van der Waals surface area contributed by atoms with Crippen LogP contribution in [0.15, 0.2) is 97.1 Å². The summed E-state index contributed by atoms with van der Waals surface area (Å²) in [6.07, 6.45) is 33.0. The molecular weight excluding hydrogens is 689 g/mol. The molecule has 2 unspecified atom stereocenters. The highest BCUT2D eigenvalue weighted by molar-refractivity contribution is 5.44. The zero-order valence-corrected chi connectivity index (χ0v) is 36.8. The molecule has 2 nitrogen and oxygen atoms in total. The van der Waals surface area contributed by atoms with Crippen molar-refractivity contribution < 1.29 is 0 Å². The summed E-state index contributed by atoms with van der Waals surface area (Å²) in [7, 11) is 0. The van der Waals surface area contributed by atoms with Crippen LogP contribution in [-0.4, -0.2) is 0 Å². The fraction of sp³-hybridized carbons (Fsp3) is 0.564. The molecule has 4 rings (SSSR count). The van der Waals surface area contributed by atoms with Gasteiger partial charge < -0.3 is 11.5 Å². The van der Waals surface area contributed by atoms with Gasteiger partial charge >= 0.3 is 0 Å². The first-order chi connectivity index (χ1) is 28.0. The van der Waals surface area contributed by atoms with E-state index in [2.05, 4.69) is 118 Å². The third-order valence-electron chi connectivity index (χ3n) is 12.6. The predicted octanol–water partition coefficient (Wildman–Crippen LogP) is 16.5. The molecule has 0 radical (unpaired) electrons. The molecular formula is C55H82N2. The summed E-state index contributed by atoms with van der Waals surface area (Å²) in [5.74, 6) is 1.50. The van der Waals surface area contributed by atoms with Gasteiger partial charge in [-0.3, -0.25) is 0 Å². The minimum absolute atomic E-state index is 0.427. The van der Waals surface area contributed by atoms with Crippen LogP contribution in [0.2, 0.25) is 0 Å². The highest BCUT2D eigenvalue weighted by atomic mass is 14.5. The van der Waals surface area contributed by atoms with Gasteiger partial charge in [-0.05, 0) is 95.7 Å². The van der Waals surface area contributed by atoms with E-state index in [0.29, 0.717) is 17.8 Å². The molecule has 2 heteroatoms. The van der Waals surface area contributed by atoms with Crippen molar-refractivity contribution in [2.24, 2.45) is 5.92 Å². The lowest BCUT2D eigenvalue weighted by molar-refractivity contribution is 0.449. The van der Waals surface area contributed by atoms with Crippen LogP contribution in [0, 0.1) is 5.92 Å². The highest BCUT2D eigenvalue weighted by Crippen LogP contribution is 2.34. The number of hydrogen-bond donors (Lipinski definition) is 2. The van der Waals surface area contributed by atoms with Crippen LogP contribution in [0.5, 0.6) is 0 Å². The molecule has 0 aliphatic heterocycles. The molecule has 0 saturated heterocycles. The predicted molar refractivity (Wildman–Crippen MR) is 252 cm³/mol. The Hall–Kier alpha value is -3.52. The first-order valence-corrected chi connectivity index (χ1v) is 23.9. The lowest BCUT2D eigenvalue weighted by atomic mass is 9.83. The van der Waals surface area contributed by atoms with Crippen LogP contribution in [0.1, 0.15) is 214 Å². The molecule has 0 aliphatic rings. The van der Waals surface area contributed by atoms with Crippen LogP contribution in [-0.2, 0) is 12.8 Å². The quantitative estimate of drug-likeness (QED) is 0.0395. The summed E-state index contributed by atoms with van der Waals surface area (Å²) in [6, 6.07) is 36.9. The molecule has 0 fully saturated rings. The van der Waals surface area contributed by atoms with Crippen molar-refractivity contribution in [2.75, 3.05) is 11.5 Å². The maximum atomic E-state index is 6.11. The Morgan fingerprint density at radius 3 is 0.912 bits per heavy atom. The number of anilines is 2. The van der Waals surface area contributed by atoms with E-state index in [0.717, 1.165) is 24.2 Å². The molecule has 4 aromatic rings. The van der Waals surface area contributed by atoms with E-state index < -0.39 is 0 Å². The summed E-state index contributed by atoms with van der Waals surface area (Å²) < 4.78 is 0. The van der Waals surface area contributed by atoms with Gasteiger partial charge in [-0.15, -0.1) is 0 Å². The van der Waals surface area contributed by atoms with Gasteiger partial charge in [0.1, 0.15) is 0 Å². The molecule has 0 amide bonds. The Labute approximate surface area is 351 Å². The summed E-state index contributed by atoms with van der Waals surface area (Å²) in [6.45, 7) is 6.92. The lowest BCUT2D eigenvalue weighted by Gasteiger charge is -2.21. The first kappa shape index (κ1) is 46.2. The molecule has 4 N–H and O–H groups in total. The number of rotatable bonds is 31. The van der Waals surface area contributed by atoms with Gasteiger partial charge in [0, 0.05) is 23.2 Å². The number of nitrogen functional groups attached to an aromatic ring is 2. The maximum absolute atomic E-state index is 6.11. The number of benzene rings is 4. The molecule has 0 aromatic heterocycles. The molecule has 0 heterocycles. The molecule has 57 heavy (non-hydrogen) atoms. The summed E-state index contributed by atoms with van der Waals surface area (Å²) in [4.78, 5) is 0. The smallest absolute Gasteiger partial charge is 0.0314 e. The van der Waals surface area contributed by atoms with Crippen LogP contribution in [0.4, 0.5) is 11.4 Å². The normalized spacial score (nSPS) is 13.1. The fourth-order valence-corrected chi connectivity index (χ4v) is 9.05. The average molecular weight is 771 g/mol. The highest BCUT2D eigenvalue weighted by Gasteiger charge is 2.18. The number of nitrogens with two attached hydrogens (primary N) is 2. The third-order valence-corrected chi connectivity index (χ3v) is 12.6. The van der Waals surface area contributed by atoms with Gasteiger partial charge in [0.2, 0.25) is 0 Å². The molecule has 312 valence electrons. The third kappa shape index (κ3) is 17.9. The van der Waals surface area contributed by atoms with E-state index in [4.69, 9.17) is 11.5 Å². The average Bonchev–Trinajstić information content (AvgIpc) is 3.23. The standard InChI is InChI=1S/C55H82N2/c1-4-7-10-13-15-17-19-22-25-54(50-35-39-52(56)40-36-50)48-31-27-45(28-32-48)43-47(24-21-12-9-6-3)44-46-29-33-49(34-30-46)55(51-37-41-53(57)42-38-51)26-23-20-18-16-14-11-8-5-2/h27-42,47,54-55H,4-26,43-44,56-57H2,1-3H3. The molecule has 0 saturated carbocycles. The largest absolute Gasteiger partial charge is 0.399 e. The number of hydrogen-bond acceptors (Lipinski definition) is 2. The van der Waals surface area contributed by atoms with E-state index in [9.17, 15) is 0 Å². The van der Waals surface area contributed by atoms with E-state index in [1.54, 1.807) is 0 Å². The van der Waals surface area contributed by atoms with Gasteiger partial charge in [0.05, 0.1) is 0 Å². The fourth-order valence-electron chi connectivity index (χ4n) is 9.05. The van der Waals surface area contributed by atoms with Crippen molar-refractivity contribution in [3.05, 3.63) is 130 Å². The Morgan fingerprint density at radius 2 is 0.579 bits per heavy atom. The van der Waals surface area contributed by atoms with Crippen LogP contribution >= 0.6 is 0 Å². The van der Waals surface area contributed by atoms with E-state index >= 15 is 0 Å². The van der Waals surface area contributed by atoms with E-state index in [-0.39, 0.29) is 0 Å². The first-order valence-electron chi connectivity index (χ1n) is 23.9.